The lowest BCUT2D eigenvalue weighted by Crippen LogP contribution is -2.24. The van der Waals surface area contributed by atoms with Gasteiger partial charge in [-0.05, 0) is 37.3 Å². The molecule has 5 nitrogen and oxygen atoms in total. The molecule has 1 N–H and O–H groups in total. The predicted molar refractivity (Wildman–Crippen MR) is 116 cm³/mol. The Hall–Kier alpha value is -2.77. The quantitative estimate of drug-likeness (QED) is 0.540. The van der Waals surface area contributed by atoms with Gasteiger partial charge in [-0.15, -0.1) is 0 Å². The number of rotatable bonds is 6. The molecule has 0 aliphatic heterocycles. The van der Waals surface area contributed by atoms with Crippen molar-refractivity contribution in [2.45, 2.75) is 11.8 Å². The standard InChI is InChI=1S/C22H18BrNO4S/c1-15-7-10-18(11-8-15)29(27,28)14-21(25)24-20-12-9-17(23)13-19(20)22(26)16-5-3-2-4-6-16/h2-13H,14H2,1H3,(H,24,25). The molecule has 3 aromatic carbocycles. The minimum absolute atomic E-state index is 0.0784. The average molecular weight is 472 g/mol. The fourth-order valence-corrected chi connectivity index (χ4v) is 4.24. The molecule has 0 aliphatic rings. The third-order valence-electron chi connectivity index (χ3n) is 4.24. The van der Waals surface area contributed by atoms with Gasteiger partial charge in [0.1, 0.15) is 5.75 Å². The summed E-state index contributed by atoms with van der Waals surface area (Å²) in [5.74, 6) is -1.70. The van der Waals surface area contributed by atoms with E-state index in [0.717, 1.165) is 5.56 Å². The Labute approximate surface area is 177 Å². The van der Waals surface area contributed by atoms with Crippen LogP contribution in [0.3, 0.4) is 0 Å². The minimum Gasteiger partial charge on any atom is -0.325 e. The van der Waals surface area contributed by atoms with Gasteiger partial charge < -0.3 is 5.32 Å². The maximum absolute atomic E-state index is 12.8. The molecule has 0 atom stereocenters. The first kappa shape index (κ1) is 21.0. The van der Waals surface area contributed by atoms with Gasteiger partial charge in [0.15, 0.2) is 15.6 Å². The molecule has 0 heterocycles. The second-order valence-electron chi connectivity index (χ2n) is 6.51. The number of halogens is 1. The molecule has 0 fully saturated rings. The second kappa shape index (κ2) is 8.71. The van der Waals surface area contributed by atoms with Crippen molar-refractivity contribution >= 4 is 43.1 Å². The van der Waals surface area contributed by atoms with Gasteiger partial charge in [-0.1, -0.05) is 64.0 Å². The highest BCUT2D eigenvalue weighted by molar-refractivity contribution is 9.10. The number of ketones is 1. The summed E-state index contributed by atoms with van der Waals surface area (Å²) in [6.45, 7) is 1.85. The summed E-state index contributed by atoms with van der Waals surface area (Å²) in [5.41, 5.74) is 1.92. The van der Waals surface area contributed by atoms with Gasteiger partial charge in [-0.25, -0.2) is 8.42 Å². The van der Waals surface area contributed by atoms with Crippen LogP contribution in [0.15, 0.2) is 82.2 Å². The Morgan fingerprint density at radius 1 is 0.931 bits per heavy atom. The zero-order valence-corrected chi connectivity index (χ0v) is 18.0. The number of aryl methyl sites for hydroxylation is 1. The van der Waals surface area contributed by atoms with Crippen molar-refractivity contribution in [3.8, 4) is 0 Å². The predicted octanol–water partition coefficient (Wildman–Crippen LogP) is 4.40. The number of carbonyl (C=O) groups is 2. The van der Waals surface area contributed by atoms with Gasteiger partial charge in [0.2, 0.25) is 5.91 Å². The van der Waals surface area contributed by atoms with Crippen molar-refractivity contribution in [2.24, 2.45) is 0 Å². The van der Waals surface area contributed by atoms with Crippen LogP contribution in [0.5, 0.6) is 0 Å². The first-order valence-corrected chi connectivity index (χ1v) is 11.2. The van der Waals surface area contributed by atoms with Gasteiger partial charge in [-0.3, -0.25) is 9.59 Å². The van der Waals surface area contributed by atoms with E-state index in [0.29, 0.717) is 10.0 Å². The van der Waals surface area contributed by atoms with Crippen molar-refractivity contribution in [2.75, 3.05) is 11.1 Å². The topological polar surface area (TPSA) is 80.3 Å². The molecule has 0 unspecified atom stereocenters. The van der Waals surface area contributed by atoms with Crippen LogP contribution in [-0.4, -0.2) is 25.9 Å². The Morgan fingerprint density at radius 2 is 1.59 bits per heavy atom. The van der Waals surface area contributed by atoms with Gasteiger partial charge in [-0.2, -0.15) is 0 Å². The van der Waals surface area contributed by atoms with Gasteiger partial charge in [0, 0.05) is 15.6 Å². The van der Waals surface area contributed by atoms with E-state index in [9.17, 15) is 18.0 Å². The van der Waals surface area contributed by atoms with E-state index in [1.807, 2.05) is 6.92 Å². The number of hydrogen-bond donors (Lipinski definition) is 1. The normalized spacial score (nSPS) is 11.1. The lowest BCUT2D eigenvalue weighted by molar-refractivity contribution is -0.113. The van der Waals surface area contributed by atoms with Crippen LogP contribution in [0.25, 0.3) is 0 Å². The minimum atomic E-state index is -3.80. The first-order valence-electron chi connectivity index (χ1n) is 8.75. The summed E-state index contributed by atoms with van der Waals surface area (Å²) in [6.07, 6.45) is 0. The van der Waals surface area contributed by atoms with E-state index < -0.39 is 21.5 Å². The Morgan fingerprint density at radius 3 is 2.24 bits per heavy atom. The summed E-state index contributed by atoms with van der Waals surface area (Å²) in [7, 11) is -3.80. The largest absolute Gasteiger partial charge is 0.325 e. The third-order valence-corrected chi connectivity index (χ3v) is 6.36. The van der Waals surface area contributed by atoms with E-state index in [1.165, 1.54) is 12.1 Å². The molecule has 0 saturated heterocycles. The van der Waals surface area contributed by atoms with E-state index >= 15 is 0 Å². The van der Waals surface area contributed by atoms with Crippen molar-refractivity contribution < 1.29 is 18.0 Å². The molecule has 0 bridgehead atoms. The molecule has 7 heteroatoms. The van der Waals surface area contributed by atoms with Crippen LogP contribution < -0.4 is 5.32 Å². The second-order valence-corrected chi connectivity index (χ2v) is 9.41. The molecule has 0 aliphatic carbocycles. The van der Waals surface area contributed by atoms with Crippen molar-refractivity contribution in [3.63, 3.8) is 0 Å². The van der Waals surface area contributed by atoms with Crippen LogP contribution in [0.1, 0.15) is 21.5 Å². The molecule has 0 radical (unpaired) electrons. The maximum atomic E-state index is 12.8. The highest BCUT2D eigenvalue weighted by atomic mass is 79.9. The SMILES string of the molecule is Cc1ccc(S(=O)(=O)CC(=O)Nc2ccc(Br)cc2C(=O)c2ccccc2)cc1. The molecule has 0 spiro atoms. The molecule has 0 saturated carbocycles. The number of hydrogen-bond acceptors (Lipinski definition) is 4. The molecule has 148 valence electrons. The van der Waals surface area contributed by atoms with E-state index in [4.69, 9.17) is 0 Å². The summed E-state index contributed by atoms with van der Waals surface area (Å²) in [6, 6.07) is 19.8. The van der Waals surface area contributed by atoms with Crippen LogP contribution in [-0.2, 0) is 14.6 Å². The van der Waals surface area contributed by atoms with Gasteiger partial charge in [0.05, 0.1) is 10.6 Å². The first-order chi connectivity index (χ1) is 13.8. The summed E-state index contributed by atoms with van der Waals surface area (Å²) in [4.78, 5) is 25.4. The molecule has 29 heavy (non-hydrogen) atoms. The molecule has 1 amide bonds. The molecular formula is C22H18BrNO4S. The highest BCUT2D eigenvalue weighted by Crippen LogP contribution is 2.24. The highest BCUT2D eigenvalue weighted by Gasteiger charge is 2.21. The van der Waals surface area contributed by atoms with Crippen LogP contribution in [0.4, 0.5) is 5.69 Å². The van der Waals surface area contributed by atoms with Crippen molar-refractivity contribution in [3.05, 3.63) is 94.0 Å². The van der Waals surface area contributed by atoms with E-state index in [1.54, 1.807) is 60.7 Å². The van der Waals surface area contributed by atoms with Gasteiger partial charge in [0.25, 0.3) is 0 Å². The van der Waals surface area contributed by atoms with Crippen LogP contribution >= 0.6 is 15.9 Å². The summed E-state index contributed by atoms with van der Waals surface area (Å²) >= 11 is 3.33. The summed E-state index contributed by atoms with van der Waals surface area (Å²) < 4.78 is 25.7. The van der Waals surface area contributed by atoms with Crippen LogP contribution in [0, 0.1) is 6.92 Å². The molecular weight excluding hydrogens is 454 g/mol. The molecule has 0 aromatic heterocycles. The van der Waals surface area contributed by atoms with Crippen molar-refractivity contribution in [1.82, 2.24) is 0 Å². The zero-order chi connectivity index (χ0) is 21.0. The Kier molecular flexibility index (Phi) is 6.30. The fraction of sp³-hybridized carbons (Fsp3) is 0.0909. The number of nitrogens with one attached hydrogen (secondary N) is 1. The van der Waals surface area contributed by atoms with E-state index in [2.05, 4.69) is 21.2 Å². The lowest BCUT2D eigenvalue weighted by atomic mass is 10.0. The smallest absolute Gasteiger partial charge is 0.239 e. The van der Waals surface area contributed by atoms with E-state index in [-0.39, 0.29) is 21.9 Å². The monoisotopic (exact) mass is 471 g/mol. The maximum Gasteiger partial charge on any atom is 0.239 e. The number of anilines is 1. The lowest BCUT2D eigenvalue weighted by Gasteiger charge is -2.12. The Balaban J connectivity index is 1.84. The number of carbonyl (C=O) groups excluding carboxylic acids is 2. The van der Waals surface area contributed by atoms with Crippen molar-refractivity contribution in [1.29, 1.82) is 0 Å². The average Bonchev–Trinajstić information content (AvgIpc) is 2.69. The number of benzene rings is 3. The third kappa shape index (κ3) is 5.19. The summed E-state index contributed by atoms with van der Waals surface area (Å²) in [5, 5.41) is 2.57. The Bertz CT molecular complexity index is 1160. The van der Waals surface area contributed by atoms with Gasteiger partial charge >= 0.3 is 0 Å². The number of amides is 1. The van der Waals surface area contributed by atoms with Crippen LogP contribution in [0.2, 0.25) is 0 Å². The molecule has 3 rings (SSSR count). The zero-order valence-electron chi connectivity index (χ0n) is 15.6. The molecule has 3 aromatic rings. The fourth-order valence-electron chi connectivity index (χ4n) is 2.75. The number of sulfone groups is 1.